The van der Waals surface area contributed by atoms with Crippen LogP contribution in [0.25, 0.3) is 0 Å². The molecule has 154 valence electrons. The summed E-state index contributed by atoms with van der Waals surface area (Å²) in [4.78, 5) is 13.5. The second-order valence-electron chi connectivity index (χ2n) is 8.03. The van der Waals surface area contributed by atoms with E-state index in [1.165, 1.54) is 27.9 Å². The van der Waals surface area contributed by atoms with Crippen LogP contribution in [0.4, 0.5) is 0 Å². The summed E-state index contributed by atoms with van der Waals surface area (Å²) in [5.41, 5.74) is 9.44. The van der Waals surface area contributed by atoms with Gasteiger partial charge >= 0.3 is 0 Å². The number of imidazole rings is 1. The summed E-state index contributed by atoms with van der Waals surface area (Å²) in [6, 6.07) is 14.6. The van der Waals surface area contributed by atoms with Crippen LogP contribution in [0, 0.1) is 33.1 Å². The zero-order valence-electron chi connectivity index (χ0n) is 18.3. The van der Waals surface area contributed by atoms with Crippen molar-refractivity contribution in [3.8, 4) is 12.3 Å². The quantitative estimate of drug-likeness (QED) is 0.432. The molecule has 31 heavy (non-hydrogen) atoms. The minimum absolute atomic E-state index is 0.694. The molecule has 0 saturated carbocycles. The molecular formula is C27H26N4. The van der Waals surface area contributed by atoms with Crippen LogP contribution in [-0.4, -0.2) is 19.5 Å². The molecule has 0 bridgehead atoms. The average Bonchev–Trinajstić information content (AvgIpc) is 3.16. The zero-order chi connectivity index (χ0) is 21.8. The molecule has 0 N–H and O–H groups in total. The van der Waals surface area contributed by atoms with Crippen molar-refractivity contribution >= 4 is 0 Å². The second-order valence-corrected chi connectivity index (χ2v) is 8.03. The molecule has 2 heterocycles. The fraction of sp³-hybridized carbons (Fsp3) is 0.222. The minimum atomic E-state index is 0.694. The molecule has 0 spiro atoms. The molecular weight excluding hydrogens is 380 g/mol. The molecule has 0 unspecified atom stereocenters. The van der Waals surface area contributed by atoms with Crippen molar-refractivity contribution in [3.05, 3.63) is 112 Å². The topological polar surface area (TPSA) is 43.6 Å². The van der Waals surface area contributed by atoms with E-state index in [0.29, 0.717) is 6.42 Å². The smallest absolute Gasteiger partial charge is 0.132 e. The Morgan fingerprint density at radius 2 is 1.68 bits per heavy atom. The van der Waals surface area contributed by atoms with Crippen molar-refractivity contribution < 1.29 is 0 Å². The van der Waals surface area contributed by atoms with E-state index in [0.717, 1.165) is 35.6 Å². The van der Waals surface area contributed by atoms with Crippen molar-refractivity contribution in [2.24, 2.45) is 0 Å². The number of hydrogen-bond acceptors (Lipinski definition) is 3. The van der Waals surface area contributed by atoms with Gasteiger partial charge in [0.15, 0.2) is 0 Å². The fourth-order valence-electron chi connectivity index (χ4n) is 3.91. The van der Waals surface area contributed by atoms with E-state index in [2.05, 4.69) is 53.4 Å². The maximum Gasteiger partial charge on any atom is 0.132 e. The lowest BCUT2D eigenvalue weighted by molar-refractivity contribution is 0.768. The molecule has 0 atom stereocenters. The maximum absolute atomic E-state index is 5.44. The predicted octanol–water partition coefficient (Wildman–Crippen LogP) is 4.81. The normalized spacial score (nSPS) is 10.8. The van der Waals surface area contributed by atoms with Crippen molar-refractivity contribution in [1.29, 1.82) is 0 Å². The van der Waals surface area contributed by atoms with Gasteiger partial charge in [-0.05, 0) is 66.8 Å². The first kappa shape index (κ1) is 20.6. The maximum atomic E-state index is 5.44. The molecule has 0 aliphatic rings. The number of aromatic nitrogens is 4. The van der Waals surface area contributed by atoms with Crippen LogP contribution >= 0.6 is 0 Å². The molecule has 4 aromatic rings. The molecule has 2 aromatic heterocycles. The summed E-state index contributed by atoms with van der Waals surface area (Å²) < 4.78 is 2.17. The molecule has 4 heteroatoms. The molecule has 0 aliphatic carbocycles. The third-order valence-corrected chi connectivity index (χ3v) is 5.63. The summed E-state index contributed by atoms with van der Waals surface area (Å²) >= 11 is 0. The Bertz CT molecular complexity index is 1220. The van der Waals surface area contributed by atoms with Gasteiger partial charge in [-0.3, -0.25) is 0 Å². The summed E-state index contributed by atoms with van der Waals surface area (Å²) in [5.74, 6) is 3.48. The highest BCUT2D eigenvalue weighted by Crippen LogP contribution is 2.21. The minimum Gasteiger partial charge on any atom is -0.330 e. The van der Waals surface area contributed by atoms with Crippen LogP contribution in [0.5, 0.6) is 0 Å². The van der Waals surface area contributed by atoms with Crippen LogP contribution in [0.15, 0.2) is 61.2 Å². The standard InChI is InChI=1S/C27H26N4/c1-5-22-6-8-23(9-7-22)14-27-29-11-10-25(30-27)15-26-19(2)12-24(13-20(26)3)17-31-18-28-16-21(31)4/h1,6-13,16,18H,14-15,17H2,2-4H3. The van der Waals surface area contributed by atoms with Crippen LogP contribution in [-0.2, 0) is 19.4 Å². The fourth-order valence-corrected chi connectivity index (χ4v) is 3.91. The van der Waals surface area contributed by atoms with E-state index in [9.17, 15) is 0 Å². The van der Waals surface area contributed by atoms with E-state index in [1.807, 2.05) is 49.1 Å². The summed E-state index contributed by atoms with van der Waals surface area (Å²) in [6.45, 7) is 7.28. The van der Waals surface area contributed by atoms with Crippen LogP contribution in [0.2, 0.25) is 0 Å². The number of rotatable bonds is 6. The second kappa shape index (κ2) is 8.97. The molecule has 0 saturated heterocycles. The molecule has 0 amide bonds. The zero-order valence-corrected chi connectivity index (χ0v) is 18.3. The number of hydrogen-bond donors (Lipinski definition) is 0. The Labute approximate surface area is 184 Å². The number of terminal acetylenes is 1. The van der Waals surface area contributed by atoms with Gasteiger partial charge < -0.3 is 4.57 Å². The van der Waals surface area contributed by atoms with E-state index < -0.39 is 0 Å². The Morgan fingerprint density at radius 1 is 0.935 bits per heavy atom. The molecule has 0 fully saturated rings. The molecule has 0 radical (unpaired) electrons. The predicted molar refractivity (Wildman–Crippen MR) is 124 cm³/mol. The van der Waals surface area contributed by atoms with Gasteiger partial charge in [0.05, 0.1) is 6.33 Å². The molecule has 4 rings (SSSR count). The van der Waals surface area contributed by atoms with E-state index in [1.54, 1.807) is 0 Å². The molecule has 2 aromatic carbocycles. The van der Waals surface area contributed by atoms with Gasteiger partial charge in [0, 0.05) is 48.7 Å². The van der Waals surface area contributed by atoms with Gasteiger partial charge in [-0.25, -0.2) is 15.0 Å². The highest BCUT2D eigenvalue weighted by Gasteiger charge is 2.10. The number of nitrogens with zero attached hydrogens (tertiary/aromatic N) is 4. The third kappa shape index (κ3) is 4.90. The molecule has 0 aliphatic heterocycles. The van der Waals surface area contributed by atoms with E-state index >= 15 is 0 Å². The summed E-state index contributed by atoms with van der Waals surface area (Å²) in [6.07, 6.45) is 12.6. The first-order valence-corrected chi connectivity index (χ1v) is 10.4. The average molecular weight is 407 g/mol. The van der Waals surface area contributed by atoms with E-state index in [4.69, 9.17) is 11.4 Å². The third-order valence-electron chi connectivity index (χ3n) is 5.63. The summed E-state index contributed by atoms with van der Waals surface area (Å²) in [5, 5.41) is 0. The van der Waals surface area contributed by atoms with Crippen LogP contribution < -0.4 is 0 Å². The van der Waals surface area contributed by atoms with Crippen molar-refractivity contribution in [1.82, 2.24) is 19.5 Å². The highest BCUT2D eigenvalue weighted by atomic mass is 15.0. The van der Waals surface area contributed by atoms with E-state index in [-0.39, 0.29) is 0 Å². The largest absolute Gasteiger partial charge is 0.330 e. The van der Waals surface area contributed by atoms with Gasteiger partial charge in [0.2, 0.25) is 0 Å². The Hall–Kier alpha value is -3.71. The molecule has 4 nitrogen and oxygen atoms in total. The van der Waals surface area contributed by atoms with Gasteiger partial charge in [0.25, 0.3) is 0 Å². The lowest BCUT2D eigenvalue weighted by Gasteiger charge is -2.14. The lowest BCUT2D eigenvalue weighted by Crippen LogP contribution is -2.05. The number of aryl methyl sites for hydroxylation is 3. The number of benzene rings is 2. The van der Waals surface area contributed by atoms with Crippen molar-refractivity contribution in [2.45, 2.75) is 40.2 Å². The first-order valence-electron chi connectivity index (χ1n) is 10.4. The Balaban J connectivity index is 1.51. The summed E-state index contributed by atoms with van der Waals surface area (Å²) in [7, 11) is 0. The highest BCUT2D eigenvalue weighted by molar-refractivity contribution is 5.40. The first-order chi connectivity index (χ1) is 15.0. The lowest BCUT2D eigenvalue weighted by atomic mass is 9.95. The Kier molecular flexibility index (Phi) is 5.95. The Morgan fingerprint density at radius 3 is 2.32 bits per heavy atom. The van der Waals surface area contributed by atoms with Gasteiger partial charge in [-0.2, -0.15) is 0 Å². The van der Waals surface area contributed by atoms with Gasteiger partial charge in [0.1, 0.15) is 5.82 Å². The van der Waals surface area contributed by atoms with Gasteiger partial charge in [-0.1, -0.05) is 30.2 Å². The van der Waals surface area contributed by atoms with Crippen molar-refractivity contribution in [3.63, 3.8) is 0 Å². The van der Waals surface area contributed by atoms with Crippen LogP contribution in [0.1, 0.15) is 50.6 Å². The monoisotopic (exact) mass is 406 g/mol. The van der Waals surface area contributed by atoms with Gasteiger partial charge in [-0.15, -0.1) is 6.42 Å². The van der Waals surface area contributed by atoms with Crippen molar-refractivity contribution in [2.75, 3.05) is 0 Å². The van der Waals surface area contributed by atoms with Crippen LogP contribution in [0.3, 0.4) is 0 Å². The SMILES string of the molecule is C#Cc1ccc(Cc2nccc(Cc3c(C)cc(Cn4cncc4C)cc3C)n2)cc1.